The normalized spacial score (nSPS) is 13.7. The van der Waals surface area contributed by atoms with Crippen molar-refractivity contribution in [2.45, 2.75) is 343 Å². The first-order valence-electron chi connectivity index (χ1n) is 41.8. The highest BCUT2D eigenvalue weighted by molar-refractivity contribution is 7.80. The van der Waals surface area contributed by atoms with Gasteiger partial charge in [-0.3, -0.25) is 38.4 Å². The van der Waals surface area contributed by atoms with E-state index in [0.29, 0.717) is 51.1 Å². The number of thiocarbonyl (C=S) groups is 1. The van der Waals surface area contributed by atoms with Crippen LogP contribution in [0.5, 0.6) is 0 Å². The third kappa shape index (κ3) is 53.9. The minimum Gasteiger partial charge on any atom is -0.348 e. The van der Waals surface area contributed by atoms with Gasteiger partial charge in [-0.2, -0.15) is 0 Å². The Balaban J connectivity index is 0.000000719. The van der Waals surface area contributed by atoms with E-state index in [0.717, 1.165) is 49.1 Å². The maximum Gasteiger partial charge on any atom is 0.237 e. The van der Waals surface area contributed by atoms with Gasteiger partial charge in [-0.25, -0.2) is 0 Å². The Morgan fingerprint density at radius 2 is 0.557 bits per heavy atom. The Morgan fingerprint density at radius 3 is 0.870 bits per heavy atom. The van der Waals surface area contributed by atoms with Crippen molar-refractivity contribution in [3.63, 3.8) is 0 Å². The van der Waals surface area contributed by atoms with E-state index in [1.54, 1.807) is 0 Å². The number of rotatable bonds is 35. The first-order valence-corrected chi connectivity index (χ1v) is 42.2. The molecular formula is C99H157N7O8S. The summed E-state index contributed by atoms with van der Waals surface area (Å²) in [6.07, 6.45) is 6.77. The molecule has 16 heteroatoms. The molecule has 0 saturated heterocycles. The molecule has 0 aliphatic rings. The molecule has 642 valence electrons. The summed E-state index contributed by atoms with van der Waals surface area (Å²) in [4.78, 5) is 98.3. The summed E-state index contributed by atoms with van der Waals surface area (Å²) < 4.78 is 0. The third-order valence-corrected chi connectivity index (χ3v) is 18.4. The Bertz CT molecular complexity index is 3600. The van der Waals surface area contributed by atoms with Crippen LogP contribution in [0.1, 0.15) is 280 Å². The molecule has 1 amide bonds. The number of benzene rings is 5. The zero-order valence-electron chi connectivity index (χ0n) is 77.1. The van der Waals surface area contributed by atoms with Crippen LogP contribution in [0.3, 0.4) is 0 Å². The molecule has 0 spiro atoms. The molecule has 0 aliphatic heterocycles. The maximum absolute atomic E-state index is 12.5. The topological polar surface area (TPSA) is 221 Å². The van der Waals surface area contributed by atoms with E-state index in [2.05, 4.69) is 193 Å². The highest BCUT2D eigenvalue weighted by Crippen LogP contribution is 2.24. The van der Waals surface area contributed by atoms with Crippen LogP contribution in [-0.2, 0) is 70.5 Å². The standard InChI is InChI=1S/C21H33NO2.C20H31NO2.C20H31NOS.C19H30N2O2.C19H32N2O/c1-20(2,3)19(24)13-12-18(23)15-17(22-21(4,5)6)14-16-10-8-7-9-11-16;1-19(2,3)18(23)14-17(22)13-16(21-20(4,5)6)12-15-10-8-7-9-11-15;1-19(2,3)18(22)14-17(23)13-16(21-20(4,5)6)12-15-10-8-7-9-11-15;1-18(2,3)16(22)13-20-17(23)15(21-19(4,5)6)12-14-10-8-7-9-11-14;1-18(2,3)17(22)14-20-13-16(21-19(4,5)6)12-15-10-8-7-9-11-15/h7-11,17,22H,12-15H2,1-6H3;2*7-11,16,21H,12-14H2,1-6H3;7-11,15,21H,12-13H2,1-6H3,(H,20,23);7-11,16,20-21H,12-14H2,1-6H3/t17-;2*16-;15-;16-/m00000/s1. The Kier molecular flexibility index (Phi) is 45.1. The molecule has 5 aromatic rings. The van der Waals surface area contributed by atoms with Gasteiger partial charge in [-0.15, -0.1) is 0 Å². The molecule has 15 nitrogen and oxygen atoms in total. The van der Waals surface area contributed by atoms with E-state index >= 15 is 0 Å². The van der Waals surface area contributed by atoms with Crippen LogP contribution in [0.2, 0.25) is 0 Å². The number of amides is 1. The molecule has 0 radical (unpaired) electrons. The molecule has 7 N–H and O–H groups in total. The van der Waals surface area contributed by atoms with Gasteiger partial charge >= 0.3 is 0 Å². The van der Waals surface area contributed by atoms with Gasteiger partial charge in [0.15, 0.2) is 11.6 Å². The van der Waals surface area contributed by atoms with E-state index < -0.39 is 10.8 Å². The van der Waals surface area contributed by atoms with Crippen molar-refractivity contribution in [2.75, 3.05) is 19.6 Å². The van der Waals surface area contributed by atoms with Crippen LogP contribution in [0.15, 0.2) is 152 Å². The maximum atomic E-state index is 12.5. The van der Waals surface area contributed by atoms with Crippen LogP contribution >= 0.6 is 12.2 Å². The van der Waals surface area contributed by atoms with Gasteiger partial charge in [-0.05, 0) is 170 Å². The minimum absolute atomic E-state index is 0.0109. The smallest absolute Gasteiger partial charge is 0.237 e. The predicted octanol–water partition coefficient (Wildman–Crippen LogP) is 18.9. The lowest BCUT2D eigenvalue weighted by molar-refractivity contribution is -0.132. The second-order valence-corrected chi connectivity index (χ2v) is 42.1. The molecule has 5 aromatic carbocycles. The lowest BCUT2D eigenvalue weighted by atomic mass is 9.86. The Morgan fingerprint density at radius 1 is 0.287 bits per heavy atom. The van der Waals surface area contributed by atoms with Crippen LogP contribution < -0.4 is 37.2 Å². The zero-order chi connectivity index (χ0) is 88.2. The highest BCUT2D eigenvalue weighted by Gasteiger charge is 2.31. The van der Waals surface area contributed by atoms with Crippen molar-refractivity contribution < 1.29 is 38.4 Å². The van der Waals surface area contributed by atoms with E-state index in [4.69, 9.17) is 12.2 Å². The van der Waals surface area contributed by atoms with Crippen LogP contribution in [-0.4, -0.2) is 129 Å². The average molecular weight is 1610 g/mol. The van der Waals surface area contributed by atoms with Gasteiger partial charge < -0.3 is 37.2 Å². The Hall–Kier alpha value is -6.89. The van der Waals surface area contributed by atoms with Gasteiger partial charge in [0.05, 0.1) is 25.6 Å². The summed E-state index contributed by atoms with van der Waals surface area (Å²) >= 11 is 5.52. The SMILES string of the molecule is CC(C)(C)N[C@@H](Cc1ccccc1)C(=O)NCC(=O)C(C)(C)C.CC(C)(C)N[C@H](CC(=O)CC(=O)C(C)(C)C)Cc1ccccc1.CC(C)(C)N[C@H](CC(=O)CCC(=O)C(C)(C)C)Cc1ccccc1.CC(C)(C)N[C@H](CC(=S)CC(=O)C(C)(C)C)Cc1ccccc1.CC(C)(C)N[C@H](CNCC(=O)C(C)(C)C)Cc1ccccc1. The number of carbonyl (C=O) groups excluding carboxylic acids is 8. The summed E-state index contributed by atoms with van der Waals surface area (Å²) in [5, 5.41) is 23.8. The predicted molar refractivity (Wildman–Crippen MR) is 487 cm³/mol. The average Bonchev–Trinajstić information content (AvgIpc) is 1.12. The highest BCUT2D eigenvalue weighted by atomic mass is 32.1. The molecular weight excluding hydrogens is 1450 g/mol. The first kappa shape index (κ1) is 106. The lowest BCUT2D eigenvalue weighted by Gasteiger charge is -2.29. The zero-order valence-corrected chi connectivity index (χ0v) is 77.9. The van der Waals surface area contributed by atoms with Crippen LogP contribution in [0.25, 0.3) is 0 Å². The Labute approximate surface area is 703 Å². The van der Waals surface area contributed by atoms with Crippen molar-refractivity contribution in [3.8, 4) is 0 Å². The second kappa shape index (κ2) is 48.9. The number of ketones is 7. The van der Waals surface area contributed by atoms with Gasteiger partial charge in [0.1, 0.15) is 28.9 Å². The molecule has 115 heavy (non-hydrogen) atoms. The van der Waals surface area contributed by atoms with E-state index in [1.807, 2.05) is 203 Å². The van der Waals surface area contributed by atoms with Gasteiger partial charge in [0.2, 0.25) is 5.91 Å². The largest absolute Gasteiger partial charge is 0.348 e. The van der Waals surface area contributed by atoms with Crippen molar-refractivity contribution in [2.24, 2.45) is 27.1 Å². The van der Waals surface area contributed by atoms with Crippen molar-refractivity contribution in [1.82, 2.24) is 37.2 Å². The number of hydrogen-bond donors (Lipinski definition) is 7. The van der Waals surface area contributed by atoms with Gasteiger partial charge in [0, 0.05) is 122 Å². The molecule has 0 aromatic heterocycles. The number of hydrogen-bond acceptors (Lipinski definition) is 15. The van der Waals surface area contributed by atoms with E-state index in [1.165, 1.54) is 22.3 Å². The fraction of sp³-hybridized carbons (Fsp3) is 0.606. The van der Waals surface area contributed by atoms with E-state index in [-0.39, 0.29) is 127 Å². The summed E-state index contributed by atoms with van der Waals surface area (Å²) in [5.74, 6) is 0.698. The summed E-state index contributed by atoms with van der Waals surface area (Å²) in [5.41, 5.74) is 3.99. The van der Waals surface area contributed by atoms with Gasteiger partial charge in [-0.1, -0.05) is 268 Å². The lowest BCUT2D eigenvalue weighted by Crippen LogP contribution is -2.53. The second-order valence-electron chi connectivity index (χ2n) is 41.6. The fourth-order valence-corrected chi connectivity index (χ4v) is 12.4. The number of nitrogens with one attached hydrogen (secondary N) is 7. The quantitative estimate of drug-likeness (QED) is 0.0148. The summed E-state index contributed by atoms with van der Waals surface area (Å²) in [6.45, 7) is 61.6. The minimum atomic E-state index is -0.456. The molecule has 0 aliphatic carbocycles. The van der Waals surface area contributed by atoms with Gasteiger partial charge in [0.25, 0.3) is 0 Å². The summed E-state index contributed by atoms with van der Waals surface area (Å²) in [7, 11) is 0. The molecule has 0 heterocycles. The van der Waals surface area contributed by atoms with Crippen LogP contribution in [0, 0.1) is 27.1 Å². The van der Waals surface area contributed by atoms with E-state index in [9.17, 15) is 38.4 Å². The molecule has 0 saturated carbocycles. The molecule has 5 atom stereocenters. The van der Waals surface area contributed by atoms with Crippen molar-refractivity contribution in [3.05, 3.63) is 179 Å². The molecule has 0 fully saturated rings. The summed E-state index contributed by atoms with van der Waals surface area (Å²) in [6, 6.07) is 51.5. The van der Waals surface area contributed by atoms with Crippen LogP contribution in [0.4, 0.5) is 0 Å². The fourth-order valence-electron chi connectivity index (χ4n) is 12.1. The third-order valence-electron chi connectivity index (χ3n) is 18.1. The first-order chi connectivity index (χ1) is 52.5. The number of carbonyl (C=O) groups is 8. The monoisotopic (exact) mass is 1600 g/mol. The van der Waals surface area contributed by atoms with Crippen molar-refractivity contribution in [1.29, 1.82) is 0 Å². The molecule has 5 rings (SSSR count). The molecule has 0 unspecified atom stereocenters. The number of Topliss-reactive ketones (excluding diaryl/α,β-unsaturated/α-hetero) is 7. The molecule has 0 bridgehead atoms. The van der Waals surface area contributed by atoms with Crippen molar-refractivity contribution >= 4 is 63.5 Å².